The molecular weight excluding hydrogens is 324 g/mol. The molecule has 3 rings (SSSR count). The van der Waals surface area contributed by atoms with Gasteiger partial charge in [0.1, 0.15) is 5.75 Å². The first-order valence-electron chi connectivity index (χ1n) is 8.84. The molecule has 2 fully saturated rings. The molecule has 1 unspecified atom stereocenters. The number of benzene rings is 1. The molecule has 0 aromatic heterocycles. The van der Waals surface area contributed by atoms with Crippen LogP contribution in [0.4, 0.5) is 0 Å². The van der Waals surface area contributed by atoms with E-state index in [0.717, 1.165) is 44.9 Å². The summed E-state index contributed by atoms with van der Waals surface area (Å²) in [5.74, 6) is 1.67. The van der Waals surface area contributed by atoms with Crippen LogP contribution in [0.1, 0.15) is 25.8 Å². The van der Waals surface area contributed by atoms with Gasteiger partial charge in [0, 0.05) is 44.3 Å². The summed E-state index contributed by atoms with van der Waals surface area (Å²) in [5, 5.41) is 0. The van der Waals surface area contributed by atoms with Crippen LogP contribution in [0.2, 0.25) is 0 Å². The van der Waals surface area contributed by atoms with Gasteiger partial charge in [-0.3, -0.25) is 9.80 Å². The van der Waals surface area contributed by atoms with Crippen LogP contribution in [-0.2, 0) is 16.4 Å². The molecule has 2 aliphatic heterocycles. The minimum absolute atomic E-state index is 0.173. The zero-order valence-corrected chi connectivity index (χ0v) is 15.5. The van der Waals surface area contributed by atoms with E-state index in [2.05, 4.69) is 21.9 Å². The SMILES string of the molecule is CC(C)Oc1ccccc1CN1CCN(C2CCS(=O)(=O)C2)CC1. The minimum atomic E-state index is -2.80. The molecule has 1 aromatic carbocycles. The number of nitrogens with zero attached hydrogens (tertiary/aromatic N) is 2. The van der Waals surface area contributed by atoms with Crippen LogP contribution >= 0.6 is 0 Å². The Morgan fingerprint density at radius 1 is 1.17 bits per heavy atom. The quantitative estimate of drug-likeness (QED) is 0.808. The Bertz CT molecular complexity index is 652. The van der Waals surface area contributed by atoms with Crippen molar-refractivity contribution in [1.82, 2.24) is 9.80 Å². The highest BCUT2D eigenvalue weighted by atomic mass is 32.2. The number of sulfone groups is 1. The third-order valence-electron chi connectivity index (χ3n) is 4.86. The van der Waals surface area contributed by atoms with Crippen LogP contribution in [0.3, 0.4) is 0 Å². The molecule has 0 spiro atoms. The number of hydrogen-bond donors (Lipinski definition) is 0. The summed E-state index contributed by atoms with van der Waals surface area (Å²) in [7, 11) is -2.80. The first-order valence-corrected chi connectivity index (χ1v) is 10.7. The van der Waals surface area contributed by atoms with E-state index < -0.39 is 9.84 Å². The summed E-state index contributed by atoms with van der Waals surface area (Å²) >= 11 is 0. The number of rotatable bonds is 5. The zero-order chi connectivity index (χ0) is 17.2. The molecule has 0 radical (unpaired) electrons. The third-order valence-corrected chi connectivity index (χ3v) is 6.61. The molecule has 0 N–H and O–H groups in total. The Hall–Kier alpha value is -1.11. The Kier molecular flexibility index (Phi) is 5.47. The Labute approximate surface area is 145 Å². The van der Waals surface area contributed by atoms with Crippen molar-refractivity contribution >= 4 is 9.84 Å². The molecule has 2 heterocycles. The topological polar surface area (TPSA) is 49.9 Å². The maximum atomic E-state index is 11.7. The van der Waals surface area contributed by atoms with E-state index in [0.29, 0.717) is 11.5 Å². The molecule has 2 aliphatic rings. The van der Waals surface area contributed by atoms with Crippen molar-refractivity contribution in [3.63, 3.8) is 0 Å². The van der Waals surface area contributed by atoms with Gasteiger partial charge in [-0.05, 0) is 26.3 Å². The fourth-order valence-electron chi connectivity index (χ4n) is 3.59. The van der Waals surface area contributed by atoms with Crippen LogP contribution in [0.25, 0.3) is 0 Å². The van der Waals surface area contributed by atoms with Gasteiger partial charge in [-0.1, -0.05) is 18.2 Å². The monoisotopic (exact) mass is 352 g/mol. The molecule has 0 bridgehead atoms. The summed E-state index contributed by atoms with van der Waals surface area (Å²) in [6.45, 7) is 8.84. The van der Waals surface area contributed by atoms with Crippen molar-refractivity contribution < 1.29 is 13.2 Å². The fraction of sp³-hybridized carbons (Fsp3) is 0.667. The molecule has 0 amide bonds. The molecule has 1 aromatic rings. The van der Waals surface area contributed by atoms with E-state index in [9.17, 15) is 8.42 Å². The molecule has 2 saturated heterocycles. The second kappa shape index (κ2) is 7.42. The van der Waals surface area contributed by atoms with Crippen molar-refractivity contribution in [2.45, 2.75) is 39.0 Å². The van der Waals surface area contributed by atoms with E-state index in [4.69, 9.17) is 4.74 Å². The lowest BCUT2D eigenvalue weighted by Crippen LogP contribution is -2.50. The van der Waals surface area contributed by atoms with Crippen LogP contribution in [0.5, 0.6) is 5.75 Å². The number of para-hydroxylation sites is 1. The predicted octanol–water partition coefficient (Wildman–Crippen LogP) is 1.78. The maximum absolute atomic E-state index is 11.7. The van der Waals surface area contributed by atoms with E-state index in [1.165, 1.54) is 5.56 Å². The third kappa shape index (κ3) is 4.49. The fourth-order valence-corrected chi connectivity index (χ4v) is 5.36. The standard InChI is InChI=1S/C18H28N2O3S/c1-15(2)23-18-6-4-3-5-16(18)13-19-8-10-20(11-9-19)17-7-12-24(21,22)14-17/h3-6,15,17H,7-14H2,1-2H3. The lowest BCUT2D eigenvalue weighted by molar-refractivity contribution is 0.0989. The molecule has 0 aliphatic carbocycles. The smallest absolute Gasteiger partial charge is 0.151 e. The van der Waals surface area contributed by atoms with Crippen molar-refractivity contribution in [3.05, 3.63) is 29.8 Å². The van der Waals surface area contributed by atoms with Gasteiger partial charge in [-0.25, -0.2) is 8.42 Å². The summed E-state index contributed by atoms with van der Waals surface area (Å²) in [6, 6.07) is 8.47. The molecule has 1 atom stereocenters. The molecule has 6 heteroatoms. The van der Waals surface area contributed by atoms with E-state index in [1.54, 1.807) is 0 Å². The van der Waals surface area contributed by atoms with Crippen molar-refractivity contribution in [2.75, 3.05) is 37.7 Å². The first kappa shape index (κ1) is 17.7. The zero-order valence-electron chi connectivity index (χ0n) is 14.6. The summed E-state index contributed by atoms with van der Waals surface area (Å²) < 4.78 is 29.2. The summed E-state index contributed by atoms with van der Waals surface area (Å²) in [5.41, 5.74) is 1.23. The van der Waals surface area contributed by atoms with E-state index in [1.807, 2.05) is 26.0 Å². The van der Waals surface area contributed by atoms with Crippen LogP contribution in [-0.4, -0.2) is 68.0 Å². The second-order valence-electron chi connectivity index (χ2n) is 7.14. The van der Waals surface area contributed by atoms with Gasteiger partial charge in [0.2, 0.25) is 0 Å². The van der Waals surface area contributed by atoms with Gasteiger partial charge < -0.3 is 4.74 Å². The van der Waals surface area contributed by atoms with Crippen LogP contribution < -0.4 is 4.74 Å². The van der Waals surface area contributed by atoms with Gasteiger partial charge in [-0.2, -0.15) is 0 Å². The minimum Gasteiger partial charge on any atom is -0.491 e. The number of piperazine rings is 1. The largest absolute Gasteiger partial charge is 0.491 e. The van der Waals surface area contributed by atoms with E-state index >= 15 is 0 Å². The summed E-state index contributed by atoms with van der Waals surface area (Å²) in [6.07, 6.45) is 0.972. The van der Waals surface area contributed by atoms with Crippen molar-refractivity contribution in [3.8, 4) is 5.75 Å². The van der Waals surface area contributed by atoms with Crippen LogP contribution in [0, 0.1) is 0 Å². The molecule has 0 saturated carbocycles. The number of hydrogen-bond acceptors (Lipinski definition) is 5. The number of ether oxygens (including phenoxy) is 1. The maximum Gasteiger partial charge on any atom is 0.151 e. The van der Waals surface area contributed by atoms with Crippen LogP contribution in [0.15, 0.2) is 24.3 Å². The van der Waals surface area contributed by atoms with Gasteiger partial charge >= 0.3 is 0 Å². The average molecular weight is 353 g/mol. The van der Waals surface area contributed by atoms with Gasteiger partial charge in [0.25, 0.3) is 0 Å². The normalized spacial score (nSPS) is 25.2. The molecule has 5 nitrogen and oxygen atoms in total. The van der Waals surface area contributed by atoms with Gasteiger partial charge in [0.15, 0.2) is 9.84 Å². The highest BCUT2D eigenvalue weighted by Crippen LogP contribution is 2.23. The predicted molar refractivity (Wildman–Crippen MR) is 96.1 cm³/mol. The molecular formula is C18H28N2O3S. The highest BCUT2D eigenvalue weighted by molar-refractivity contribution is 7.91. The molecule has 134 valence electrons. The first-order chi connectivity index (χ1) is 11.4. The highest BCUT2D eigenvalue weighted by Gasteiger charge is 2.33. The Balaban J connectivity index is 1.54. The summed E-state index contributed by atoms with van der Waals surface area (Å²) in [4.78, 5) is 4.79. The Morgan fingerprint density at radius 2 is 1.88 bits per heavy atom. The van der Waals surface area contributed by atoms with Crippen molar-refractivity contribution in [1.29, 1.82) is 0 Å². The Morgan fingerprint density at radius 3 is 2.50 bits per heavy atom. The van der Waals surface area contributed by atoms with Crippen molar-refractivity contribution in [2.24, 2.45) is 0 Å². The second-order valence-corrected chi connectivity index (χ2v) is 9.37. The average Bonchev–Trinajstić information content (AvgIpc) is 2.90. The lowest BCUT2D eigenvalue weighted by atomic mass is 10.1. The molecule has 24 heavy (non-hydrogen) atoms. The van der Waals surface area contributed by atoms with Gasteiger partial charge in [-0.15, -0.1) is 0 Å². The lowest BCUT2D eigenvalue weighted by Gasteiger charge is -2.37. The van der Waals surface area contributed by atoms with E-state index in [-0.39, 0.29) is 12.1 Å². The van der Waals surface area contributed by atoms with Gasteiger partial charge in [0.05, 0.1) is 17.6 Å².